The number of piperidine rings is 1. The molecule has 0 aliphatic carbocycles. The maximum atomic E-state index is 14.4. The van der Waals surface area contributed by atoms with Crippen molar-refractivity contribution in [3.8, 4) is 5.75 Å². The number of thioether (sulfide) groups is 1. The zero-order valence-electron chi connectivity index (χ0n) is 24.5. The Balaban J connectivity index is 1.80. The summed E-state index contributed by atoms with van der Waals surface area (Å²) in [6, 6.07) is 14.4. The first kappa shape index (κ1) is 31.6. The van der Waals surface area contributed by atoms with E-state index in [4.69, 9.17) is 10.5 Å². The van der Waals surface area contributed by atoms with Gasteiger partial charge in [-0.25, -0.2) is 0 Å². The van der Waals surface area contributed by atoms with Gasteiger partial charge in [-0.15, -0.1) is 11.8 Å². The first-order valence-corrected chi connectivity index (χ1v) is 14.8. The average molecular weight is 603 g/mol. The van der Waals surface area contributed by atoms with Crippen molar-refractivity contribution in [3.63, 3.8) is 0 Å². The van der Waals surface area contributed by atoms with E-state index in [0.29, 0.717) is 28.6 Å². The lowest BCUT2D eigenvalue weighted by Gasteiger charge is -2.41. The van der Waals surface area contributed by atoms with Gasteiger partial charge in [0, 0.05) is 42.3 Å². The van der Waals surface area contributed by atoms with E-state index in [1.807, 2.05) is 24.3 Å². The molecule has 0 bridgehead atoms. The molecule has 1 aliphatic heterocycles. The van der Waals surface area contributed by atoms with E-state index >= 15 is 0 Å². The molecule has 4 rings (SSSR count). The monoisotopic (exact) mass is 602 g/mol. The Morgan fingerprint density at radius 3 is 2.31 bits per heavy atom. The van der Waals surface area contributed by atoms with Crippen molar-refractivity contribution in [1.29, 1.82) is 0 Å². The minimum atomic E-state index is -4.50. The van der Waals surface area contributed by atoms with Gasteiger partial charge in [0.2, 0.25) is 5.91 Å². The van der Waals surface area contributed by atoms with Gasteiger partial charge in [0.25, 0.3) is 5.91 Å². The van der Waals surface area contributed by atoms with Crippen molar-refractivity contribution in [1.82, 2.24) is 14.7 Å². The number of aromatic nitrogens is 2. The fourth-order valence-electron chi connectivity index (χ4n) is 5.29. The van der Waals surface area contributed by atoms with Gasteiger partial charge in [0.15, 0.2) is 0 Å². The molecule has 0 saturated carbocycles. The number of hydrogen-bond acceptors (Lipinski definition) is 6. The van der Waals surface area contributed by atoms with Crippen LogP contribution in [0.5, 0.6) is 5.75 Å². The fourth-order valence-corrected chi connectivity index (χ4v) is 6.36. The molecule has 11 heteroatoms. The third kappa shape index (κ3) is 6.67. The first-order valence-electron chi connectivity index (χ1n) is 13.8. The number of nitrogens with two attached hydrogens (primary N) is 1. The van der Waals surface area contributed by atoms with Gasteiger partial charge in [-0.2, -0.15) is 23.0 Å². The molecule has 1 fully saturated rings. The van der Waals surface area contributed by atoms with Crippen molar-refractivity contribution in [2.24, 2.45) is 17.1 Å². The summed E-state index contributed by atoms with van der Waals surface area (Å²) in [5, 5.41) is 5.03. The molecule has 2 heterocycles. The van der Waals surface area contributed by atoms with E-state index in [2.05, 4.69) is 5.10 Å². The van der Waals surface area contributed by atoms with Crippen LogP contribution < -0.4 is 10.5 Å². The van der Waals surface area contributed by atoms with Crippen LogP contribution in [0.4, 0.5) is 13.2 Å². The minimum Gasteiger partial charge on any atom is -0.496 e. The van der Waals surface area contributed by atoms with Gasteiger partial charge < -0.3 is 15.4 Å². The van der Waals surface area contributed by atoms with Crippen LogP contribution in [0.15, 0.2) is 53.6 Å². The summed E-state index contributed by atoms with van der Waals surface area (Å²) in [6.07, 6.45) is -4.73. The number of hydrogen-bond donors (Lipinski definition) is 1. The third-order valence-corrected chi connectivity index (χ3v) is 8.81. The lowest BCUT2D eigenvalue weighted by Crippen LogP contribution is -2.50. The molecule has 3 aromatic rings. The lowest BCUT2D eigenvalue weighted by molar-refractivity contribution is -0.193. The molecule has 1 aliphatic rings. The van der Waals surface area contributed by atoms with Gasteiger partial charge in [-0.3, -0.25) is 9.59 Å². The molecule has 2 aromatic carbocycles. The summed E-state index contributed by atoms with van der Waals surface area (Å²) in [7, 11) is 1.45. The number of amides is 1. The highest BCUT2D eigenvalue weighted by molar-refractivity contribution is 7.98. The summed E-state index contributed by atoms with van der Waals surface area (Å²) in [5.41, 5.74) is 7.81. The normalized spacial score (nSPS) is 17.8. The zero-order chi connectivity index (χ0) is 30.8. The molecule has 1 saturated heterocycles. The number of nitrogens with zero attached hydrogens (tertiary/aromatic N) is 3. The summed E-state index contributed by atoms with van der Waals surface area (Å²) < 4.78 is 49.8. The summed E-state index contributed by atoms with van der Waals surface area (Å²) >= 11 is 1.33. The number of halogens is 3. The molecule has 2 atom stereocenters. The molecule has 42 heavy (non-hydrogen) atoms. The molecular formula is C31H37F3N4O3S. The number of likely N-dealkylation sites (tertiary alicyclic amines) is 1. The number of carbonyl (C=O) groups is 2. The van der Waals surface area contributed by atoms with Crippen molar-refractivity contribution in [3.05, 3.63) is 76.5 Å². The summed E-state index contributed by atoms with van der Waals surface area (Å²) in [4.78, 5) is 28.5. The van der Waals surface area contributed by atoms with Crippen LogP contribution in [0, 0.1) is 18.3 Å². The number of methoxy groups -OCH3 is 1. The molecule has 7 nitrogen and oxygen atoms in total. The second-order valence-corrected chi connectivity index (χ2v) is 12.6. The van der Waals surface area contributed by atoms with Crippen molar-refractivity contribution in [2.45, 2.75) is 63.5 Å². The van der Waals surface area contributed by atoms with Crippen LogP contribution >= 0.6 is 11.8 Å². The molecule has 1 aromatic heterocycles. The van der Waals surface area contributed by atoms with Crippen LogP contribution in [0.25, 0.3) is 0 Å². The molecule has 0 radical (unpaired) electrons. The molecule has 226 valence electrons. The van der Waals surface area contributed by atoms with E-state index in [1.54, 1.807) is 52.0 Å². The Bertz CT molecular complexity index is 1430. The SMILES string of the molecule is COc1ccccc1C(=O)n1nc(C2CN(C(=O)C(C)(C)C)CCC2C(F)(F)F)c(C)c1SCc1ccc(CN)cc1. The topological polar surface area (TPSA) is 90.5 Å². The predicted octanol–water partition coefficient (Wildman–Crippen LogP) is 6.18. The number of carbonyl (C=O) groups excluding carboxylic acids is 2. The van der Waals surface area contributed by atoms with Crippen molar-refractivity contribution in [2.75, 3.05) is 20.2 Å². The Morgan fingerprint density at radius 2 is 1.71 bits per heavy atom. The minimum absolute atomic E-state index is 0.0110. The van der Waals surface area contributed by atoms with Gasteiger partial charge in [0.05, 0.1) is 24.3 Å². The van der Waals surface area contributed by atoms with Crippen LogP contribution in [0.3, 0.4) is 0 Å². The Morgan fingerprint density at radius 1 is 1.07 bits per heavy atom. The Kier molecular flexibility index (Phi) is 9.42. The maximum Gasteiger partial charge on any atom is 0.392 e. The van der Waals surface area contributed by atoms with Gasteiger partial charge in [-0.05, 0) is 36.6 Å². The number of rotatable bonds is 7. The highest BCUT2D eigenvalue weighted by Gasteiger charge is 2.50. The zero-order valence-corrected chi connectivity index (χ0v) is 25.3. The first-order chi connectivity index (χ1) is 19.8. The van der Waals surface area contributed by atoms with Crippen molar-refractivity contribution < 1.29 is 27.5 Å². The second-order valence-electron chi connectivity index (χ2n) is 11.6. The quantitative estimate of drug-likeness (QED) is 0.325. The Hall–Kier alpha value is -3.31. The van der Waals surface area contributed by atoms with E-state index in [9.17, 15) is 22.8 Å². The van der Waals surface area contributed by atoms with Crippen molar-refractivity contribution >= 4 is 23.6 Å². The van der Waals surface area contributed by atoms with E-state index in [1.165, 1.54) is 28.5 Å². The lowest BCUT2D eigenvalue weighted by atomic mass is 9.80. The number of benzene rings is 2. The molecule has 1 amide bonds. The van der Waals surface area contributed by atoms with E-state index in [0.717, 1.165) is 11.1 Å². The molecular weight excluding hydrogens is 565 g/mol. The van der Waals surface area contributed by atoms with Crippen LogP contribution in [0.1, 0.15) is 65.9 Å². The number of ether oxygens (including phenoxy) is 1. The molecule has 0 spiro atoms. The second kappa shape index (κ2) is 12.5. The Labute approximate surface area is 248 Å². The fraction of sp³-hybridized carbons (Fsp3) is 0.452. The number of para-hydroxylation sites is 1. The van der Waals surface area contributed by atoms with Gasteiger partial charge in [0.1, 0.15) is 10.8 Å². The van der Waals surface area contributed by atoms with Crippen LogP contribution in [0.2, 0.25) is 0 Å². The molecule has 2 N–H and O–H groups in total. The van der Waals surface area contributed by atoms with Gasteiger partial charge >= 0.3 is 6.18 Å². The summed E-state index contributed by atoms with van der Waals surface area (Å²) in [5.74, 6) is -2.77. The highest BCUT2D eigenvalue weighted by Crippen LogP contribution is 2.45. The van der Waals surface area contributed by atoms with Crippen LogP contribution in [-0.2, 0) is 17.1 Å². The maximum absolute atomic E-state index is 14.4. The molecule has 2 unspecified atom stereocenters. The third-order valence-electron chi connectivity index (χ3n) is 7.58. The van der Waals surface area contributed by atoms with Crippen LogP contribution in [-0.4, -0.2) is 52.9 Å². The predicted molar refractivity (Wildman–Crippen MR) is 157 cm³/mol. The summed E-state index contributed by atoms with van der Waals surface area (Å²) in [6.45, 7) is 7.24. The standard InChI is InChI=1S/C31H37F3N4O3S/c1-19-26(23-17-37(29(40)30(2,3)4)15-14-24(23)31(32,33)34)36-38(27(39)22-8-6-7-9-25(22)41-5)28(19)42-18-21-12-10-20(16-35)11-13-21/h6-13,23-24H,14-18,35H2,1-5H3. The average Bonchev–Trinajstić information content (AvgIpc) is 3.29. The number of alkyl halides is 3. The van der Waals surface area contributed by atoms with E-state index < -0.39 is 29.3 Å². The largest absolute Gasteiger partial charge is 0.496 e. The highest BCUT2D eigenvalue weighted by atomic mass is 32.2. The smallest absolute Gasteiger partial charge is 0.392 e. The van der Waals surface area contributed by atoms with Gasteiger partial charge in [-0.1, -0.05) is 57.2 Å². The van der Waals surface area contributed by atoms with E-state index in [-0.39, 0.29) is 36.7 Å².